The third-order valence-electron chi connectivity index (χ3n) is 4.72. The molecule has 4 heteroatoms. The Bertz CT molecular complexity index is 663. The van der Waals surface area contributed by atoms with Crippen molar-refractivity contribution in [2.75, 3.05) is 11.9 Å². The molecular formula is C17H18ClN3. The number of fused-ring (bicyclic) bond motifs is 2. The predicted molar refractivity (Wildman–Crippen MR) is 85.9 cm³/mol. The molecule has 1 aromatic heterocycles. The van der Waals surface area contributed by atoms with E-state index in [1.54, 1.807) is 12.5 Å². The average Bonchev–Trinajstić information content (AvgIpc) is 3.22. The summed E-state index contributed by atoms with van der Waals surface area (Å²) in [5, 5.41) is 4.34. The number of para-hydroxylation sites is 1. The fourth-order valence-corrected chi connectivity index (χ4v) is 3.95. The summed E-state index contributed by atoms with van der Waals surface area (Å²) in [6.07, 6.45) is 12.9. The molecule has 1 N–H and O–H groups in total. The van der Waals surface area contributed by atoms with Gasteiger partial charge in [0.25, 0.3) is 0 Å². The van der Waals surface area contributed by atoms with Crippen LogP contribution in [0.2, 0.25) is 5.02 Å². The maximum absolute atomic E-state index is 6.38. The highest BCUT2D eigenvalue weighted by atomic mass is 35.5. The van der Waals surface area contributed by atoms with Crippen molar-refractivity contribution in [1.29, 1.82) is 0 Å². The van der Waals surface area contributed by atoms with E-state index in [0.29, 0.717) is 0 Å². The van der Waals surface area contributed by atoms with Crippen LogP contribution in [0.3, 0.4) is 0 Å². The van der Waals surface area contributed by atoms with Crippen LogP contribution in [0, 0.1) is 17.8 Å². The van der Waals surface area contributed by atoms with Crippen LogP contribution in [0.4, 0.5) is 5.69 Å². The minimum absolute atomic E-state index is 0.742. The molecule has 3 nitrogen and oxygen atoms in total. The van der Waals surface area contributed by atoms with Gasteiger partial charge in [0.05, 0.1) is 22.7 Å². The van der Waals surface area contributed by atoms with Gasteiger partial charge in [-0.15, -0.1) is 0 Å². The lowest BCUT2D eigenvalue weighted by atomic mass is 9.93. The molecule has 0 radical (unpaired) electrons. The molecule has 0 spiro atoms. The molecule has 21 heavy (non-hydrogen) atoms. The summed E-state index contributed by atoms with van der Waals surface area (Å²) < 4.78 is 1.96. The highest BCUT2D eigenvalue weighted by molar-refractivity contribution is 6.33. The summed E-state index contributed by atoms with van der Waals surface area (Å²) in [5.74, 6) is 2.32. The minimum Gasteiger partial charge on any atom is -0.383 e. The van der Waals surface area contributed by atoms with E-state index in [1.165, 1.54) is 12.8 Å². The third-order valence-corrected chi connectivity index (χ3v) is 5.03. The Kier molecular flexibility index (Phi) is 3.23. The van der Waals surface area contributed by atoms with Crippen LogP contribution < -0.4 is 5.32 Å². The van der Waals surface area contributed by atoms with E-state index in [4.69, 9.17) is 11.6 Å². The maximum Gasteiger partial charge on any atom is 0.0992 e. The zero-order valence-corrected chi connectivity index (χ0v) is 12.5. The van der Waals surface area contributed by atoms with Crippen LogP contribution >= 0.6 is 11.6 Å². The number of rotatable bonds is 4. The number of nitrogens with zero attached hydrogens (tertiary/aromatic N) is 2. The second kappa shape index (κ2) is 5.23. The van der Waals surface area contributed by atoms with Crippen molar-refractivity contribution >= 4 is 17.3 Å². The Hall–Kier alpha value is -1.74. The van der Waals surface area contributed by atoms with E-state index >= 15 is 0 Å². The van der Waals surface area contributed by atoms with Gasteiger partial charge in [0.1, 0.15) is 0 Å². The van der Waals surface area contributed by atoms with Gasteiger partial charge in [-0.25, -0.2) is 4.98 Å². The van der Waals surface area contributed by atoms with Crippen LogP contribution in [0.15, 0.2) is 49.1 Å². The van der Waals surface area contributed by atoms with Crippen LogP contribution in [0.1, 0.15) is 12.8 Å². The quantitative estimate of drug-likeness (QED) is 0.860. The highest BCUT2D eigenvalue weighted by Crippen LogP contribution is 2.43. The largest absolute Gasteiger partial charge is 0.383 e. The van der Waals surface area contributed by atoms with Gasteiger partial charge in [-0.1, -0.05) is 29.8 Å². The first-order valence-corrected chi connectivity index (χ1v) is 7.88. The standard InChI is InChI=1S/C17H18ClN3/c18-15-2-1-3-16(17(15)21-7-6-19-11-21)20-10-14-9-12-4-5-13(14)8-12/h1-7,11-14,20H,8-10H2. The second-order valence-corrected chi connectivity index (χ2v) is 6.43. The summed E-state index contributed by atoms with van der Waals surface area (Å²) in [6, 6.07) is 6.00. The van der Waals surface area contributed by atoms with Crippen molar-refractivity contribution in [3.63, 3.8) is 0 Å². The van der Waals surface area contributed by atoms with Gasteiger partial charge < -0.3 is 9.88 Å². The van der Waals surface area contributed by atoms with E-state index < -0.39 is 0 Å². The van der Waals surface area contributed by atoms with E-state index in [0.717, 1.165) is 40.7 Å². The molecule has 0 amide bonds. The van der Waals surface area contributed by atoms with Gasteiger partial charge in [0.15, 0.2) is 0 Å². The maximum atomic E-state index is 6.38. The number of benzene rings is 1. The molecule has 1 fully saturated rings. The normalized spacial score (nSPS) is 26.4. The van der Waals surface area contributed by atoms with Gasteiger partial charge >= 0.3 is 0 Å². The van der Waals surface area contributed by atoms with E-state index in [2.05, 4.69) is 28.5 Å². The lowest BCUT2D eigenvalue weighted by Gasteiger charge is -2.21. The van der Waals surface area contributed by atoms with Crippen molar-refractivity contribution in [2.45, 2.75) is 12.8 Å². The first-order valence-electron chi connectivity index (χ1n) is 7.50. The lowest BCUT2D eigenvalue weighted by Crippen LogP contribution is -2.19. The Balaban J connectivity index is 1.55. The van der Waals surface area contributed by atoms with Crippen molar-refractivity contribution in [1.82, 2.24) is 9.55 Å². The smallest absolute Gasteiger partial charge is 0.0992 e. The molecule has 4 rings (SSSR count). The van der Waals surface area contributed by atoms with E-state index in [9.17, 15) is 0 Å². The summed E-state index contributed by atoms with van der Waals surface area (Å²) in [5.41, 5.74) is 2.06. The number of imidazole rings is 1. The molecule has 108 valence electrons. The molecule has 2 aliphatic rings. The fourth-order valence-electron chi connectivity index (χ4n) is 3.68. The summed E-state index contributed by atoms with van der Waals surface area (Å²) in [4.78, 5) is 4.12. The monoisotopic (exact) mass is 299 g/mol. The summed E-state index contributed by atoms with van der Waals surface area (Å²) >= 11 is 6.38. The van der Waals surface area contributed by atoms with Crippen LogP contribution in [-0.4, -0.2) is 16.1 Å². The molecule has 0 saturated heterocycles. The highest BCUT2D eigenvalue weighted by Gasteiger charge is 2.35. The van der Waals surface area contributed by atoms with Gasteiger partial charge in [-0.2, -0.15) is 0 Å². The number of anilines is 1. The van der Waals surface area contributed by atoms with Crippen molar-refractivity contribution in [2.24, 2.45) is 17.8 Å². The zero-order valence-electron chi connectivity index (χ0n) is 11.7. The number of hydrogen-bond donors (Lipinski definition) is 1. The molecule has 2 aromatic rings. The van der Waals surface area contributed by atoms with E-state index in [1.807, 2.05) is 22.9 Å². The molecule has 2 bridgehead atoms. The van der Waals surface area contributed by atoms with Crippen molar-refractivity contribution in [3.05, 3.63) is 54.1 Å². The Labute approximate surface area is 129 Å². The molecular weight excluding hydrogens is 282 g/mol. The molecule has 3 unspecified atom stereocenters. The topological polar surface area (TPSA) is 29.9 Å². The number of aromatic nitrogens is 2. The lowest BCUT2D eigenvalue weighted by molar-refractivity contribution is 0.472. The number of halogens is 1. The zero-order chi connectivity index (χ0) is 14.2. The van der Waals surface area contributed by atoms with Gasteiger partial charge in [-0.3, -0.25) is 0 Å². The first-order chi connectivity index (χ1) is 10.3. The molecule has 1 saturated carbocycles. The Morgan fingerprint density at radius 2 is 2.24 bits per heavy atom. The Morgan fingerprint density at radius 1 is 1.29 bits per heavy atom. The average molecular weight is 300 g/mol. The SMILES string of the molecule is Clc1cccc(NCC2CC3C=CC2C3)c1-n1ccnc1. The summed E-state index contributed by atoms with van der Waals surface area (Å²) in [7, 11) is 0. The van der Waals surface area contributed by atoms with Crippen LogP contribution in [-0.2, 0) is 0 Å². The predicted octanol–water partition coefficient (Wildman–Crippen LogP) is 4.15. The molecule has 0 aliphatic heterocycles. The summed E-state index contributed by atoms with van der Waals surface area (Å²) in [6.45, 7) is 1.01. The molecule has 3 atom stereocenters. The van der Waals surface area contributed by atoms with Gasteiger partial charge in [0, 0.05) is 18.9 Å². The first kappa shape index (κ1) is 13.0. The minimum atomic E-state index is 0.742. The number of hydrogen-bond acceptors (Lipinski definition) is 2. The second-order valence-electron chi connectivity index (χ2n) is 6.03. The van der Waals surface area contributed by atoms with Gasteiger partial charge in [-0.05, 0) is 42.7 Å². The third kappa shape index (κ3) is 2.36. The van der Waals surface area contributed by atoms with Crippen molar-refractivity contribution in [3.8, 4) is 5.69 Å². The van der Waals surface area contributed by atoms with E-state index in [-0.39, 0.29) is 0 Å². The number of allylic oxidation sites excluding steroid dienone is 2. The Morgan fingerprint density at radius 3 is 2.95 bits per heavy atom. The number of nitrogens with one attached hydrogen (secondary N) is 1. The fraction of sp³-hybridized carbons (Fsp3) is 0.353. The van der Waals surface area contributed by atoms with Gasteiger partial charge in [0.2, 0.25) is 0 Å². The molecule has 2 aliphatic carbocycles. The van der Waals surface area contributed by atoms with Crippen LogP contribution in [0.25, 0.3) is 5.69 Å². The molecule has 1 heterocycles. The van der Waals surface area contributed by atoms with Crippen LogP contribution in [0.5, 0.6) is 0 Å². The molecule has 1 aromatic carbocycles. The van der Waals surface area contributed by atoms with Crippen molar-refractivity contribution < 1.29 is 0 Å².